The Morgan fingerprint density at radius 2 is 1.79 bits per heavy atom. The average Bonchev–Trinajstić information content (AvgIpc) is 2.65. The molecular weight excluding hydrogens is 294 g/mol. The van der Waals surface area contributed by atoms with E-state index in [2.05, 4.69) is 48.8 Å². The van der Waals surface area contributed by atoms with Gasteiger partial charge in [0.2, 0.25) is 0 Å². The summed E-state index contributed by atoms with van der Waals surface area (Å²) in [4.78, 5) is 2.30. The molecule has 0 aliphatic carbocycles. The lowest BCUT2D eigenvalue weighted by molar-refractivity contribution is 0.474. The van der Waals surface area contributed by atoms with Crippen LogP contribution in [0.3, 0.4) is 0 Å². The maximum atomic E-state index is 6.11. The quantitative estimate of drug-likeness (QED) is 0.593. The molecule has 0 saturated heterocycles. The number of hydrogen-bond donors (Lipinski definition) is 0. The second-order valence-corrected chi connectivity index (χ2v) is 5.45. The van der Waals surface area contributed by atoms with Crippen molar-refractivity contribution in [3.63, 3.8) is 0 Å². The van der Waals surface area contributed by atoms with Crippen LogP contribution < -0.4 is 9.64 Å². The zero-order valence-electron chi connectivity index (χ0n) is 14.5. The summed E-state index contributed by atoms with van der Waals surface area (Å²) in [6.45, 7) is 9.97. The average molecular weight is 317 g/mol. The molecule has 0 aromatic heterocycles. The third-order valence-corrected chi connectivity index (χ3v) is 4.21. The molecule has 0 atom stereocenters. The standard InChI is InChI=1S/C20H17NO.C2H6/c1-3-8-16-14(4-2)13-15-9-7-12-19-20(15)21(16)17-10-5-6-11-18(17)22-19;1-2/h3-12H,1,13H2,2H3;1-2H3/b14-4-,16-8+;. The van der Waals surface area contributed by atoms with Gasteiger partial charge in [-0.2, -0.15) is 0 Å². The molecule has 0 saturated carbocycles. The van der Waals surface area contributed by atoms with Crippen LogP contribution in [0.5, 0.6) is 11.5 Å². The van der Waals surface area contributed by atoms with Crippen molar-refractivity contribution < 1.29 is 4.74 Å². The van der Waals surface area contributed by atoms with Crippen LogP contribution in [0, 0.1) is 0 Å². The highest BCUT2D eigenvalue weighted by Gasteiger charge is 2.33. The fourth-order valence-electron chi connectivity index (χ4n) is 3.25. The maximum absolute atomic E-state index is 6.11. The van der Waals surface area contributed by atoms with Gasteiger partial charge >= 0.3 is 0 Å². The molecule has 2 aliphatic rings. The first-order chi connectivity index (χ1) is 11.8. The minimum Gasteiger partial charge on any atom is -0.453 e. The molecule has 24 heavy (non-hydrogen) atoms. The Balaban J connectivity index is 0.000000815. The molecule has 2 aromatic rings. The van der Waals surface area contributed by atoms with Crippen molar-refractivity contribution in [1.82, 2.24) is 0 Å². The summed E-state index contributed by atoms with van der Waals surface area (Å²) in [6.07, 6.45) is 7.03. The van der Waals surface area contributed by atoms with Crippen molar-refractivity contribution in [2.75, 3.05) is 4.90 Å². The number of allylic oxidation sites excluding steroid dienone is 4. The molecule has 2 aromatic carbocycles. The summed E-state index contributed by atoms with van der Waals surface area (Å²) in [5.41, 5.74) is 6.00. The van der Waals surface area contributed by atoms with Crippen LogP contribution >= 0.6 is 0 Å². The maximum Gasteiger partial charge on any atom is 0.151 e. The summed E-state index contributed by atoms with van der Waals surface area (Å²) in [5.74, 6) is 1.81. The number of nitrogens with zero attached hydrogens (tertiary/aromatic N) is 1. The van der Waals surface area contributed by atoms with Gasteiger partial charge < -0.3 is 9.64 Å². The van der Waals surface area contributed by atoms with Crippen molar-refractivity contribution >= 4 is 11.4 Å². The van der Waals surface area contributed by atoms with Crippen LogP contribution in [0.25, 0.3) is 0 Å². The largest absolute Gasteiger partial charge is 0.453 e. The van der Waals surface area contributed by atoms with Crippen molar-refractivity contribution in [2.24, 2.45) is 0 Å². The van der Waals surface area contributed by atoms with Gasteiger partial charge in [-0.05, 0) is 42.3 Å². The van der Waals surface area contributed by atoms with E-state index in [1.807, 2.05) is 44.2 Å². The number of anilines is 2. The lowest BCUT2D eigenvalue weighted by atomic mass is 9.92. The Bertz CT molecular complexity index is 830. The zero-order chi connectivity index (χ0) is 17.1. The monoisotopic (exact) mass is 317 g/mol. The minimum atomic E-state index is 0.888. The molecule has 0 bridgehead atoms. The first kappa shape index (κ1) is 16.1. The second-order valence-electron chi connectivity index (χ2n) is 5.45. The molecule has 0 spiro atoms. The second kappa shape index (κ2) is 6.79. The lowest BCUT2D eigenvalue weighted by Gasteiger charge is -2.40. The molecule has 2 nitrogen and oxygen atoms in total. The van der Waals surface area contributed by atoms with E-state index in [-0.39, 0.29) is 0 Å². The molecule has 2 aliphatic heterocycles. The van der Waals surface area contributed by atoms with Crippen LogP contribution in [0.1, 0.15) is 26.3 Å². The van der Waals surface area contributed by atoms with Gasteiger partial charge in [0.15, 0.2) is 11.5 Å². The van der Waals surface area contributed by atoms with Crippen LogP contribution in [0.4, 0.5) is 11.4 Å². The molecule has 122 valence electrons. The highest BCUT2D eigenvalue weighted by Crippen LogP contribution is 2.53. The van der Waals surface area contributed by atoms with Crippen molar-refractivity contribution in [3.8, 4) is 11.5 Å². The number of rotatable bonds is 1. The summed E-state index contributed by atoms with van der Waals surface area (Å²) in [7, 11) is 0. The van der Waals surface area contributed by atoms with Gasteiger partial charge in [-0.3, -0.25) is 0 Å². The topological polar surface area (TPSA) is 12.5 Å². The van der Waals surface area contributed by atoms with E-state index in [1.165, 1.54) is 16.8 Å². The number of para-hydroxylation sites is 3. The molecular formula is C22H23NO. The molecule has 0 amide bonds. The Hall–Kier alpha value is -2.74. The third-order valence-electron chi connectivity index (χ3n) is 4.21. The van der Waals surface area contributed by atoms with Crippen molar-refractivity contribution in [1.29, 1.82) is 0 Å². The van der Waals surface area contributed by atoms with E-state index < -0.39 is 0 Å². The van der Waals surface area contributed by atoms with Gasteiger partial charge in [-0.15, -0.1) is 0 Å². The van der Waals surface area contributed by atoms with E-state index in [9.17, 15) is 0 Å². The van der Waals surface area contributed by atoms with E-state index in [1.54, 1.807) is 0 Å². The fourth-order valence-corrected chi connectivity index (χ4v) is 3.25. The van der Waals surface area contributed by atoms with Crippen LogP contribution in [-0.4, -0.2) is 0 Å². The Kier molecular flexibility index (Phi) is 4.57. The van der Waals surface area contributed by atoms with Gasteiger partial charge in [0.25, 0.3) is 0 Å². The number of fused-ring (bicyclic) bond motifs is 2. The molecule has 2 heteroatoms. The number of hydrogen-bond acceptors (Lipinski definition) is 2. The Morgan fingerprint density at radius 1 is 1.04 bits per heavy atom. The highest BCUT2D eigenvalue weighted by molar-refractivity contribution is 5.87. The van der Waals surface area contributed by atoms with E-state index in [4.69, 9.17) is 4.74 Å². The fraction of sp³-hybridized carbons (Fsp3) is 0.182. The molecule has 0 N–H and O–H groups in total. The highest BCUT2D eigenvalue weighted by atomic mass is 16.5. The van der Waals surface area contributed by atoms with Crippen LogP contribution in [0.2, 0.25) is 0 Å². The smallest absolute Gasteiger partial charge is 0.151 e. The molecule has 0 fully saturated rings. The summed E-state index contributed by atoms with van der Waals surface area (Å²) in [5, 5.41) is 0. The van der Waals surface area contributed by atoms with Gasteiger partial charge in [0, 0.05) is 12.1 Å². The number of benzene rings is 2. The Labute approximate surface area is 144 Å². The molecule has 2 heterocycles. The van der Waals surface area contributed by atoms with Crippen molar-refractivity contribution in [3.05, 3.63) is 84.1 Å². The molecule has 4 rings (SSSR count). The first-order valence-corrected chi connectivity index (χ1v) is 8.50. The lowest BCUT2D eigenvalue weighted by Crippen LogP contribution is -2.27. The SMILES string of the molecule is C=C/C=C1\C(=C/C)Cc2cccc3c2N1c1ccccc1O3.CC. The predicted octanol–water partition coefficient (Wildman–Crippen LogP) is 6.53. The molecule has 0 radical (unpaired) electrons. The minimum absolute atomic E-state index is 0.888. The van der Waals surface area contributed by atoms with Crippen LogP contribution in [0.15, 0.2) is 78.5 Å². The van der Waals surface area contributed by atoms with Gasteiger partial charge in [0.1, 0.15) is 0 Å². The van der Waals surface area contributed by atoms with Crippen LogP contribution in [-0.2, 0) is 6.42 Å². The summed E-state index contributed by atoms with van der Waals surface area (Å²) >= 11 is 0. The van der Waals surface area contributed by atoms with Gasteiger partial charge in [-0.25, -0.2) is 0 Å². The first-order valence-electron chi connectivity index (χ1n) is 8.50. The van der Waals surface area contributed by atoms with Crippen molar-refractivity contribution in [2.45, 2.75) is 27.2 Å². The number of ether oxygens (including phenoxy) is 1. The summed E-state index contributed by atoms with van der Waals surface area (Å²) in [6, 6.07) is 14.4. The molecule has 0 unspecified atom stereocenters. The normalized spacial score (nSPS) is 17.4. The predicted molar refractivity (Wildman–Crippen MR) is 102 cm³/mol. The van der Waals surface area contributed by atoms with E-state index >= 15 is 0 Å². The zero-order valence-corrected chi connectivity index (χ0v) is 14.5. The van der Waals surface area contributed by atoms with E-state index in [0.29, 0.717) is 0 Å². The van der Waals surface area contributed by atoms with E-state index in [0.717, 1.165) is 29.3 Å². The summed E-state index contributed by atoms with van der Waals surface area (Å²) < 4.78 is 6.11. The third kappa shape index (κ3) is 2.44. The van der Waals surface area contributed by atoms with Gasteiger partial charge in [0.05, 0.1) is 11.4 Å². The van der Waals surface area contributed by atoms with Gasteiger partial charge in [-0.1, -0.05) is 56.8 Å². The Morgan fingerprint density at radius 3 is 2.54 bits per heavy atom.